The van der Waals surface area contributed by atoms with Gasteiger partial charge in [0.15, 0.2) is 0 Å². The molecule has 35 heavy (non-hydrogen) atoms. The van der Waals surface area contributed by atoms with Gasteiger partial charge < -0.3 is 24.7 Å². The molecule has 0 aromatic carbocycles. The zero-order valence-corrected chi connectivity index (χ0v) is 21.6. The maximum Gasteiger partial charge on any atom is 0.274 e. The van der Waals surface area contributed by atoms with Gasteiger partial charge in [0, 0.05) is 48.0 Å². The van der Waals surface area contributed by atoms with E-state index in [0.717, 1.165) is 32.0 Å². The van der Waals surface area contributed by atoms with Crippen LogP contribution in [0.1, 0.15) is 52.8 Å². The number of hydrogen-bond donors (Lipinski definition) is 3. The Bertz CT molecular complexity index is 1450. The normalized spacial score (nSPS) is 11.7. The maximum atomic E-state index is 12.9. The van der Waals surface area contributed by atoms with Crippen LogP contribution in [-0.2, 0) is 19.3 Å². The molecule has 0 atom stereocenters. The van der Waals surface area contributed by atoms with Gasteiger partial charge in [0.05, 0.1) is 10.5 Å². The molecule has 1 amide bonds. The van der Waals surface area contributed by atoms with Crippen molar-refractivity contribution in [1.29, 1.82) is 0 Å². The number of amides is 1. The first-order valence-corrected chi connectivity index (χ1v) is 12.2. The lowest BCUT2D eigenvalue weighted by atomic mass is 10.1. The lowest BCUT2D eigenvalue weighted by Gasteiger charge is -2.14. The van der Waals surface area contributed by atoms with E-state index in [0.29, 0.717) is 35.5 Å². The number of fused-ring (bicyclic) bond motifs is 1. The Labute approximate surface area is 207 Å². The summed E-state index contributed by atoms with van der Waals surface area (Å²) in [7, 11) is 1.67. The van der Waals surface area contributed by atoms with Crippen LogP contribution in [0.4, 0.5) is 0 Å². The molecule has 0 fully saturated rings. The van der Waals surface area contributed by atoms with Crippen molar-refractivity contribution in [3.05, 3.63) is 68.3 Å². The van der Waals surface area contributed by atoms with Crippen molar-refractivity contribution in [2.45, 2.75) is 46.8 Å². The Kier molecular flexibility index (Phi) is 6.57. The highest BCUT2D eigenvalue weighted by molar-refractivity contribution is 7.16. The minimum atomic E-state index is -1.08. The number of carbonyl (C=O) groups excluding carboxylic acids is 1. The van der Waals surface area contributed by atoms with E-state index < -0.39 is 5.60 Å². The minimum absolute atomic E-state index is 0.232. The molecule has 3 N–H and O–H groups in total. The van der Waals surface area contributed by atoms with E-state index in [1.54, 1.807) is 33.2 Å². The minimum Gasteiger partial charge on any atom is -0.487 e. The van der Waals surface area contributed by atoms with Gasteiger partial charge in [-0.05, 0) is 63.4 Å². The molecule has 184 valence electrons. The average Bonchev–Trinajstić information content (AvgIpc) is 3.41. The van der Waals surface area contributed by atoms with Gasteiger partial charge in [-0.3, -0.25) is 14.6 Å². The number of ether oxygens (including phenoxy) is 1. The molecule has 4 rings (SSSR count). The fourth-order valence-corrected chi connectivity index (χ4v) is 5.10. The number of aryl methyl sites for hydroxylation is 3. The molecule has 0 aliphatic rings. The molecular weight excluding hydrogens is 464 g/mol. The number of H-pyrrole nitrogens is 1. The standard InChI is InChI=1S/C26H30N4O4S/c1-7-28-24(31)19-8-16-17(12-30(6)25(32)22(16)29-19)23-20(9-21(35-23)26(4,5)33)34-13-18-14(2)10-27-11-15(18)3/h8-12,29,33H,7,13H2,1-6H3,(H,28,31). The van der Waals surface area contributed by atoms with Crippen molar-refractivity contribution < 1.29 is 14.6 Å². The molecule has 0 spiro atoms. The second kappa shape index (κ2) is 9.31. The summed E-state index contributed by atoms with van der Waals surface area (Å²) in [6.07, 6.45) is 5.36. The molecule has 4 aromatic heterocycles. The van der Waals surface area contributed by atoms with Gasteiger partial charge in [-0.1, -0.05) is 0 Å². The van der Waals surface area contributed by atoms with Crippen LogP contribution >= 0.6 is 11.3 Å². The van der Waals surface area contributed by atoms with Crippen molar-refractivity contribution in [3.63, 3.8) is 0 Å². The largest absolute Gasteiger partial charge is 0.487 e. The van der Waals surface area contributed by atoms with E-state index in [4.69, 9.17) is 4.74 Å². The van der Waals surface area contributed by atoms with Crippen LogP contribution < -0.4 is 15.6 Å². The monoisotopic (exact) mass is 494 g/mol. The highest BCUT2D eigenvalue weighted by Crippen LogP contribution is 2.44. The number of rotatable bonds is 7. The molecule has 9 heteroatoms. The number of aliphatic hydroxyl groups is 1. The maximum absolute atomic E-state index is 12.9. The van der Waals surface area contributed by atoms with Crippen LogP contribution in [-0.4, -0.2) is 32.1 Å². The number of hydrogen-bond acceptors (Lipinski definition) is 6. The van der Waals surface area contributed by atoms with Crippen molar-refractivity contribution in [2.75, 3.05) is 6.54 Å². The SMILES string of the molecule is CCNC(=O)c1cc2c(-c3sc(C(C)(C)O)cc3OCc3c(C)cncc3C)cn(C)c(=O)c2[nH]1. The van der Waals surface area contributed by atoms with Crippen molar-refractivity contribution >= 4 is 28.1 Å². The van der Waals surface area contributed by atoms with Crippen LogP contribution in [0.25, 0.3) is 21.3 Å². The smallest absolute Gasteiger partial charge is 0.274 e. The number of pyridine rings is 2. The Morgan fingerprint density at radius 3 is 2.57 bits per heavy atom. The Morgan fingerprint density at radius 2 is 1.94 bits per heavy atom. The fraction of sp³-hybridized carbons (Fsp3) is 0.346. The molecule has 0 unspecified atom stereocenters. The quantitative estimate of drug-likeness (QED) is 0.357. The van der Waals surface area contributed by atoms with Gasteiger partial charge in [-0.2, -0.15) is 0 Å². The van der Waals surface area contributed by atoms with E-state index in [-0.39, 0.29) is 11.5 Å². The lowest BCUT2D eigenvalue weighted by Crippen LogP contribution is -2.23. The molecule has 0 radical (unpaired) electrons. The van der Waals surface area contributed by atoms with E-state index in [9.17, 15) is 14.7 Å². The molecule has 8 nitrogen and oxygen atoms in total. The van der Waals surface area contributed by atoms with E-state index >= 15 is 0 Å². The number of nitrogens with zero attached hydrogens (tertiary/aromatic N) is 2. The summed E-state index contributed by atoms with van der Waals surface area (Å²) in [6, 6.07) is 3.54. The van der Waals surface area contributed by atoms with Gasteiger partial charge >= 0.3 is 0 Å². The predicted molar refractivity (Wildman–Crippen MR) is 138 cm³/mol. The number of nitrogens with one attached hydrogen (secondary N) is 2. The fourth-order valence-electron chi connectivity index (χ4n) is 3.97. The Hall–Kier alpha value is -3.43. The summed E-state index contributed by atoms with van der Waals surface area (Å²) in [5.41, 5.74) is 3.21. The van der Waals surface area contributed by atoms with E-state index in [1.165, 1.54) is 15.9 Å². The summed E-state index contributed by atoms with van der Waals surface area (Å²) < 4.78 is 7.81. The predicted octanol–water partition coefficient (Wildman–Crippen LogP) is 4.16. The van der Waals surface area contributed by atoms with Gasteiger partial charge in [-0.15, -0.1) is 11.3 Å². The molecule has 0 aliphatic carbocycles. The number of aromatic nitrogens is 3. The van der Waals surface area contributed by atoms with Crippen LogP contribution in [0, 0.1) is 13.8 Å². The number of carbonyl (C=O) groups is 1. The highest BCUT2D eigenvalue weighted by atomic mass is 32.1. The van der Waals surface area contributed by atoms with Gasteiger partial charge in [0.2, 0.25) is 0 Å². The molecule has 4 heterocycles. The van der Waals surface area contributed by atoms with Crippen molar-refractivity contribution in [3.8, 4) is 16.2 Å². The van der Waals surface area contributed by atoms with E-state index in [2.05, 4.69) is 15.3 Å². The second-order valence-electron chi connectivity index (χ2n) is 9.19. The lowest BCUT2D eigenvalue weighted by molar-refractivity contribution is 0.0823. The van der Waals surface area contributed by atoms with Crippen LogP contribution in [0.2, 0.25) is 0 Å². The average molecular weight is 495 g/mol. The molecular formula is C26H30N4O4S. The van der Waals surface area contributed by atoms with Crippen molar-refractivity contribution in [1.82, 2.24) is 19.9 Å². The first-order valence-electron chi connectivity index (χ1n) is 11.4. The summed E-state index contributed by atoms with van der Waals surface area (Å²) in [5, 5.41) is 14.1. The zero-order chi connectivity index (χ0) is 25.5. The summed E-state index contributed by atoms with van der Waals surface area (Å²) >= 11 is 1.40. The molecule has 0 aliphatic heterocycles. The third-order valence-electron chi connectivity index (χ3n) is 5.95. The number of thiophene rings is 1. The van der Waals surface area contributed by atoms with Crippen molar-refractivity contribution in [2.24, 2.45) is 7.05 Å². The number of aromatic amines is 1. The first-order chi connectivity index (χ1) is 16.5. The van der Waals surface area contributed by atoms with Gasteiger partial charge in [0.25, 0.3) is 11.5 Å². The molecule has 0 saturated heterocycles. The second-order valence-corrected chi connectivity index (χ2v) is 10.2. The zero-order valence-electron chi connectivity index (χ0n) is 20.8. The van der Waals surface area contributed by atoms with Gasteiger partial charge in [-0.25, -0.2) is 0 Å². The molecule has 0 bridgehead atoms. The summed E-state index contributed by atoms with van der Waals surface area (Å²) in [6.45, 7) is 10.1. The third-order valence-corrected chi connectivity index (χ3v) is 7.42. The Morgan fingerprint density at radius 1 is 1.26 bits per heavy atom. The first kappa shape index (κ1) is 24.7. The van der Waals surface area contributed by atoms with Gasteiger partial charge in [0.1, 0.15) is 23.6 Å². The summed E-state index contributed by atoms with van der Waals surface area (Å²) in [4.78, 5) is 34.1. The Balaban J connectivity index is 1.88. The third kappa shape index (κ3) is 4.74. The van der Waals surface area contributed by atoms with Crippen LogP contribution in [0.15, 0.2) is 35.5 Å². The van der Waals surface area contributed by atoms with Crippen LogP contribution in [0.5, 0.6) is 5.75 Å². The topological polar surface area (TPSA) is 109 Å². The van der Waals surface area contributed by atoms with E-state index in [1.807, 2.05) is 39.2 Å². The van der Waals surface area contributed by atoms with Crippen LogP contribution in [0.3, 0.4) is 0 Å². The highest BCUT2D eigenvalue weighted by Gasteiger charge is 2.26. The summed E-state index contributed by atoms with van der Waals surface area (Å²) in [5.74, 6) is 0.323. The molecule has 4 aromatic rings. The molecule has 0 saturated carbocycles.